The fourth-order valence-electron chi connectivity index (χ4n) is 2.10. The molecule has 26 heavy (non-hydrogen) atoms. The van der Waals surface area contributed by atoms with Gasteiger partial charge in [-0.05, 0) is 35.9 Å². The molecule has 0 aliphatic carbocycles. The van der Waals surface area contributed by atoms with E-state index in [1.165, 1.54) is 24.5 Å². The van der Waals surface area contributed by atoms with Gasteiger partial charge in [0.25, 0.3) is 5.91 Å². The van der Waals surface area contributed by atoms with Crippen LogP contribution >= 0.6 is 22.9 Å². The molecule has 0 radical (unpaired) electrons. The summed E-state index contributed by atoms with van der Waals surface area (Å²) in [6.07, 6.45) is 3.16. The minimum atomic E-state index is -0.573. The first-order chi connectivity index (χ1) is 12.4. The molecule has 0 atom stereocenters. The Kier molecular flexibility index (Phi) is 7.06. The number of carbonyl (C=O) groups excluding carboxylic acids is 2. The number of carbonyl (C=O) groups is 2. The molecule has 0 aliphatic rings. The van der Waals surface area contributed by atoms with Gasteiger partial charge in [0.05, 0.1) is 18.0 Å². The molecule has 1 aromatic heterocycles. The van der Waals surface area contributed by atoms with E-state index in [1.807, 2.05) is 12.1 Å². The smallest absolute Gasteiger partial charge is 0.255 e. The zero-order valence-corrected chi connectivity index (χ0v) is 16.0. The van der Waals surface area contributed by atoms with Gasteiger partial charge in [0, 0.05) is 18.0 Å². The molecule has 1 aromatic carbocycles. The SMILES string of the molecule is COc1cc(/C=C/C(=O)N(C)Cc2ccc(Cl)s2)ccc1OCC(N)=O. The van der Waals surface area contributed by atoms with Gasteiger partial charge in [-0.1, -0.05) is 17.7 Å². The Balaban J connectivity index is 2.01. The molecule has 0 bridgehead atoms. The molecule has 2 N–H and O–H groups in total. The first-order valence-electron chi connectivity index (χ1n) is 7.65. The molecule has 0 saturated heterocycles. The molecule has 2 aromatic rings. The van der Waals surface area contributed by atoms with E-state index in [0.717, 1.165) is 10.4 Å². The van der Waals surface area contributed by atoms with Gasteiger partial charge in [-0.2, -0.15) is 0 Å². The topological polar surface area (TPSA) is 81.9 Å². The molecule has 2 amide bonds. The summed E-state index contributed by atoms with van der Waals surface area (Å²) in [6.45, 7) is 0.255. The second kappa shape index (κ2) is 9.26. The number of benzene rings is 1. The van der Waals surface area contributed by atoms with Crippen molar-refractivity contribution in [1.82, 2.24) is 4.90 Å². The first kappa shape index (κ1) is 19.8. The van der Waals surface area contributed by atoms with Crippen molar-refractivity contribution in [3.8, 4) is 11.5 Å². The van der Waals surface area contributed by atoms with Crippen LogP contribution in [0.5, 0.6) is 11.5 Å². The number of hydrogen-bond donors (Lipinski definition) is 1. The molecule has 0 unspecified atom stereocenters. The largest absolute Gasteiger partial charge is 0.493 e. The van der Waals surface area contributed by atoms with Crippen LogP contribution in [-0.2, 0) is 16.1 Å². The molecule has 0 fully saturated rings. The third-order valence-electron chi connectivity index (χ3n) is 3.37. The van der Waals surface area contributed by atoms with Crippen LogP contribution in [0.1, 0.15) is 10.4 Å². The fraction of sp³-hybridized carbons (Fsp3) is 0.222. The molecule has 138 valence electrons. The molecule has 0 aliphatic heterocycles. The number of hydrogen-bond acceptors (Lipinski definition) is 5. The van der Waals surface area contributed by atoms with Gasteiger partial charge < -0.3 is 20.1 Å². The van der Waals surface area contributed by atoms with E-state index < -0.39 is 5.91 Å². The number of rotatable bonds is 8. The van der Waals surface area contributed by atoms with Crippen LogP contribution in [-0.4, -0.2) is 37.5 Å². The summed E-state index contributed by atoms with van der Waals surface area (Å²) >= 11 is 7.34. The maximum atomic E-state index is 12.2. The van der Waals surface area contributed by atoms with E-state index in [0.29, 0.717) is 22.4 Å². The predicted molar refractivity (Wildman–Crippen MR) is 103 cm³/mol. The van der Waals surface area contributed by atoms with Crippen LogP contribution in [0.15, 0.2) is 36.4 Å². The maximum Gasteiger partial charge on any atom is 0.255 e. The van der Waals surface area contributed by atoms with Crippen molar-refractivity contribution in [2.45, 2.75) is 6.54 Å². The van der Waals surface area contributed by atoms with E-state index in [1.54, 1.807) is 36.2 Å². The van der Waals surface area contributed by atoms with E-state index >= 15 is 0 Å². The standard InChI is InChI=1S/C18H19ClN2O4S/c1-21(10-13-5-7-16(19)26-13)18(23)8-4-12-3-6-14(15(9-12)24-2)25-11-17(20)22/h3-9H,10-11H2,1-2H3,(H2,20,22)/b8-4+. The van der Waals surface area contributed by atoms with Crippen molar-refractivity contribution in [2.75, 3.05) is 20.8 Å². The maximum absolute atomic E-state index is 12.2. The number of thiophene rings is 1. The van der Waals surface area contributed by atoms with Crippen LogP contribution in [0.3, 0.4) is 0 Å². The zero-order valence-electron chi connectivity index (χ0n) is 14.4. The number of primary amides is 1. The fourth-order valence-corrected chi connectivity index (χ4v) is 3.24. The van der Waals surface area contributed by atoms with Gasteiger partial charge in [-0.25, -0.2) is 0 Å². The molecule has 8 heteroatoms. The number of halogens is 1. The molecular formula is C18H19ClN2O4S. The lowest BCUT2D eigenvalue weighted by atomic mass is 10.2. The van der Waals surface area contributed by atoms with Crippen LogP contribution in [0.25, 0.3) is 6.08 Å². The van der Waals surface area contributed by atoms with Gasteiger partial charge in [0.15, 0.2) is 18.1 Å². The van der Waals surface area contributed by atoms with Gasteiger partial charge >= 0.3 is 0 Å². The first-order valence-corrected chi connectivity index (χ1v) is 8.85. The molecular weight excluding hydrogens is 376 g/mol. The van der Waals surface area contributed by atoms with Gasteiger partial charge in [0.2, 0.25) is 5.91 Å². The number of ether oxygens (including phenoxy) is 2. The molecule has 2 rings (SSSR count). The number of nitrogens with two attached hydrogens (primary N) is 1. The highest BCUT2D eigenvalue weighted by molar-refractivity contribution is 7.16. The normalized spacial score (nSPS) is 10.7. The Hall–Kier alpha value is -2.51. The van der Waals surface area contributed by atoms with Crippen molar-refractivity contribution in [1.29, 1.82) is 0 Å². The number of likely N-dealkylation sites (N-methyl/N-ethyl adjacent to an activating group) is 1. The second-order valence-corrected chi connectivity index (χ2v) is 7.20. The lowest BCUT2D eigenvalue weighted by molar-refractivity contribution is -0.125. The lowest BCUT2D eigenvalue weighted by Gasteiger charge is -2.13. The average Bonchev–Trinajstić information content (AvgIpc) is 3.02. The summed E-state index contributed by atoms with van der Waals surface area (Å²) in [5.74, 6) is 0.142. The van der Waals surface area contributed by atoms with Gasteiger partial charge in [-0.15, -0.1) is 11.3 Å². The Morgan fingerprint density at radius 2 is 2.04 bits per heavy atom. The number of methoxy groups -OCH3 is 1. The summed E-state index contributed by atoms with van der Waals surface area (Å²) < 4.78 is 11.2. The second-order valence-electron chi connectivity index (χ2n) is 5.40. The van der Waals surface area contributed by atoms with E-state index in [4.69, 9.17) is 26.8 Å². The van der Waals surface area contributed by atoms with E-state index in [9.17, 15) is 9.59 Å². The molecule has 6 nitrogen and oxygen atoms in total. The van der Waals surface area contributed by atoms with Crippen LogP contribution < -0.4 is 15.2 Å². The van der Waals surface area contributed by atoms with E-state index in [2.05, 4.69) is 0 Å². The molecule has 0 spiro atoms. The van der Waals surface area contributed by atoms with Crippen LogP contribution in [0.4, 0.5) is 0 Å². The van der Waals surface area contributed by atoms with Crippen LogP contribution in [0, 0.1) is 0 Å². The van der Waals surface area contributed by atoms with Crippen molar-refractivity contribution in [2.24, 2.45) is 5.73 Å². The van der Waals surface area contributed by atoms with Crippen LogP contribution in [0.2, 0.25) is 4.34 Å². The molecule has 0 saturated carbocycles. The highest BCUT2D eigenvalue weighted by Gasteiger charge is 2.09. The quantitative estimate of drug-likeness (QED) is 0.698. The Morgan fingerprint density at radius 1 is 1.27 bits per heavy atom. The molecule has 1 heterocycles. The lowest BCUT2D eigenvalue weighted by Crippen LogP contribution is -2.23. The number of amides is 2. The number of nitrogens with zero attached hydrogens (tertiary/aromatic N) is 1. The predicted octanol–water partition coefficient (Wildman–Crippen LogP) is 2.95. The average molecular weight is 395 g/mol. The minimum Gasteiger partial charge on any atom is -0.493 e. The Morgan fingerprint density at radius 3 is 2.65 bits per heavy atom. The Labute approximate surface area is 160 Å². The summed E-state index contributed by atoms with van der Waals surface area (Å²) in [5.41, 5.74) is 5.82. The Bertz CT molecular complexity index is 819. The van der Waals surface area contributed by atoms with Gasteiger partial charge in [-0.3, -0.25) is 9.59 Å². The summed E-state index contributed by atoms with van der Waals surface area (Å²) in [4.78, 5) is 25.6. The monoisotopic (exact) mass is 394 g/mol. The minimum absolute atomic E-state index is 0.137. The van der Waals surface area contributed by atoms with E-state index in [-0.39, 0.29) is 12.5 Å². The highest BCUT2D eigenvalue weighted by Crippen LogP contribution is 2.28. The summed E-state index contributed by atoms with van der Waals surface area (Å²) in [7, 11) is 3.21. The van der Waals surface area contributed by atoms with Crippen molar-refractivity contribution < 1.29 is 19.1 Å². The third-order valence-corrected chi connectivity index (χ3v) is 4.59. The highest BCUT2D eigenvalue weighted by atomic mass is 35.5. The van der Waals surface area contributed by atoms with Gasteiger partial charge in [0.1, 0.15) is 0 Å². The van der Waals surface area contributed by atoms with Crippen molar-refractivity contribution in [3.63, 3.8) is 0 Å². The third kappa shape index (κ3) is 5.79. The van der Waals surface area contributed by atoms with Crippen molar-refractivity contribution >= 4 is 40.8 Å². The summed E-state index contributed by atoms with van der Waals surface area (Å²) in [5, 5.41) is 0. The zero-order chi connectivity index (χ0) is 19.1. The van der Waals surface area contributed by atoms with Crippen molar-refractivity contribution in [3.05, 3.63) is 51.2 Å². The summed E-state index contributed by atoms with van der Waals surface area (Å²) in [6, 6.07) is 8.82.